The van der Waals surface area contributed by atoms with Crippen LogP contribution in [0, 0.1) is 0 Å². The molecule has 2 aliphatic heterocycles. The molecule has 1 aromatic rings. The molecule has 30 heavy (non-hydrogen) atoms. The van der Waals surface area contributed by atoms with Gasteiger partial charge in [0.2, 0.25) is 0 Å². The van der Waals surface area contributed by atoms with Crippen LogP contribution >= 0.6 is 12.2 Å². The van der Waals surface area contributed by atoms with Gasteiger partial charge in [0.1, 0.15) is 5.60 Å². The Morgan fingerprint density at radius 1 is 1.13 bits per heavy atom. The molecule has 3 aliphatic rings. The Kier molecular flexibility index (Phi) is 5.83. The number of likely N-dealkylation sites (tertiary alicyclic amines) is 1. The Hall–Kier alpha value is -2.03. The van der Waals surface area contributed by atoms with Crippen molar-refractivity contribution in [2.24, 2.45) is 0 Å². The van der Waals surface area contributed by atoms with Gasteiger partial charge in [-0.15, -0.1) is 0 Å². The lowest BCUT2D eigenvalue weighted by atomic mass is 9.84. The van der Waals surface area contributed by atoms with Gasteiger partial charge in [0.25, 0.3) is 0 Å². The molecule has 1 spiro atoms. The van der Waals surface area contributed by atoms with Crippen molar-refractivity contribution in [1.29, 1.82) is 0 Å². The van der Waals surface area contributed by atoms with Crippen LogP contribution in [-0.4, -0.2) is 52.3 Å². The molecule has 1 aromatic carbocycles. The van der Waals surface area contributed by atoms with Crippen LogP contribution in [0.3, 0.4) is 0 Å². The third-order valence-corrected chi connectivity index (χ3v) is 6.79. The Bertz CT molecular complexity index is 803. The van der Waals surface area contributed by atoms with Gasteiger partial charge in [-0.3, -0.25) is 0 Å². The van der Waals surface area contributed by atoms with Gasteiger partial charge in [0.05, 0.1) is 17.8 Å². The number of ether oxygens (including phenoxy) is 1. The van der Waals surface area contributed by atoms with Crippen molar-refractivity contribution >= 4 is 29.1 Å². The second-order valence-corrected chi connectivity index (χ2v) is 8.82. The molecule has 0 unspecified atom stereocenters. The summed E-state index contributed by atoms with van der Waals surface area (Å²) in [5.41, 5.74) is -1.09. The van der Waals surface area contributed by atoms with E-state index in [-0.39, 0.29) is 28.5 Å². The molecule has 0 aromatic heterocycles. The molecule has 5 nitrogen and oxygen atoms in total. The van der Waals surface area contributed by atoms with E-state index in [4.69, 9.17) is 17.0 Å². The Balaban J connectivity index is 1.34. The van der Waals surface area contributed by atoms with E-state index < -0.39 is 11.7 Å². The van der Waals surface area contributed by atoms with Crippen molar-refractivity contribution in [1.82, 2.24) is 9.80 Å². The van der Waals surface area contributed by atoms with E-state index in [9.17, 15) is 18.0 Å². The summed E-state index contributed by atoms with van der Waals surface area (Å²) in [7, 11) is 0. The zero-order valence-electron chi connectivity index (χ0n) is 16.7. The summed E-state index contributed by atoms with van der Waals surface area (Å²) in [6.45, 7) is 1.82. The fourth-order valence-electron chi connectivity index (χ4n) is 4.80. The molecule has 4 rings (SSSR count). The fraction of sp³-hybridized carbons (Fsp3) is 0.619. The van der Waals surface area contributed by atoms with Crippen LogP contribution in [0.15, 0.2) is 24.3 Å². The maximum Gasteiger partial charge on any atom is 0.418 e. The highest BCUT2D eigenvalue weighted by molar-refractivity contribution is 7.80. The lowest BCUT2D eigenvalue weighted by Crippen LogP contribution is -2.49. The van der Waals surface area contributed by atoms with Crippen LogP contribution in [0.25, 0.3) is 0 Å². The highest BCUT2D eigenvalue weighted by Gasteiger charge is 2.48. The largest absolute Gasteiger partial charge is 0.441 e. The van der Waals surface area contributed by atoms with E-state index in [0.29, 0.717) is 32.5 Å². The summed E-state index contributed by atoms with van der Waals surface area (Å²) in [6.07, 6.45) is 2.01. The van der Waals surface area contributed by atoms with Crippen molar-refractivity contribution < 1.29 is 22.7 Å². The number of carbonyl (C=O) groups is 1. The first-order chi connectivity index (χ1) is 14.3. The number of carbonyl (C=O) groups excluding carboxylic acids is 1. The van der Waals surface area contributed by atoms with Crippen LogP contribution in [0.1, 0.15) is 50.5 Å². The number of amides is 1. The topological polar surface area (TPSA) is 44.8 Å². The van der Waals surface area contributed by atoms with Gasteiger partial charge in [-0.1, -0.05) is 18.6 Å². The number of piperidine rings is 1. The second kappa shape index (κ2) is 8.24. The van der Waals surface area contributed by atoms with Crippen LogP contribution in [-0.2, 0) is 10.9 Å². The summed E-state index contributed by atoms with van der Waals surface area (Å²) < 4.78 is 45.4. The number of rotatable bonds is 2. The standard InChI is InChI=1S/C21H26F3N3O2S/c22-21(23,24)16-6-2-3-7-17(16)25-18(30)26-12-8-15(9-13-26)27-14-20(29-19(27)28)10-4-1-5-11-20/h2-3,6-7,15H,1,4-5,8-14H2,(H,25,30). The van der Waals surface area contributed by atoms with Crippen molar-refractivity contribution in [2.45, 2.75) is 62.8 Å². The third-order valence-electron chi connectivity index (χ3n) is 6.43. The molecular weight excluding hydrogens is 415 g/mol. The number of nitrogens with one attached hydrogen (secondary N) is 1. The fourth-order valence-corrected chi connectivity index (χ4v) is 5.09. The lowest BCUT2D eigenvalue weighted by molar-refractivity contribution is -0.136. The van der Waals surface area contributed by atoms with Gasteiger partial charge >= 0.3 is 12.3 Å². The van der Waals surface area contributed by atoms with Crippen molar-refractivity contribution in [3.05, 3.63) is 29.8 Å². The average Bonchev–Trinajstić information content (AvgIpc) is 3.03. The molecule has 0 bridgehead atoms. The second-order valence-electron chi connectivity index (χ2n) is 8.43. The third kappa shape index (κ3) is 4.36. The molecule has 164 valence electrons. The minimum Gasteiger partial charge on any atom is -0.441 e. The van der Waals surface area contributed by atoms with E-state index in [1.54, 1.807) is 6.07 Å². The quantitative estimate of drug-likeness (QED) is 0.653. The lowest BCUT2D eigenvalue weighted by Gasteiger charge is -2.37. The summed E-state index contributed by atoms with van der Waals surface area (Å²) in [6, 6.07) is 5.41. The summed E-state index contributed by atoms with van der Waals surface area (Å²) >= 11 is 5.37. The molecule has 3 fully saturated rings. The Morgan fingerprint density at radius 2 is 1.80 bits per heavy atom. The van der Waals surface area contributed by atoms with Crippen LogP contribution in [0.5, 0.6) is 0 Å². The molecule has 0 atom stereocenters. The van der Waals surface area contributed by atoms with Crippen molar-refractivity contribution in [2.75, 3.05) is 25.0 Å². The number of hydrogen-bond acceptors (Lipinski definition) is 3. The molecule has 9 heteroatoms. The van der Waals surface area contributed by atoms with Gasteiger partial charge in [-0.25, -0.2) is 4.79 Å². The van der Waals surface area contributed by atoms with Gasteiger partial charge in [0.15, 0.2) is 5.11 Å². The molecule has 0 radical (unpaired) electrons. The van der Waals surface area contributed by atoms with E-state index >= 15 is 0 Å². The van der Waals surface area contributed by atoms with Gasteiger partial charge < -0.3 is 19.9 Å². The van der Waals surface area contributed by atoms with Gasteiger partial charge in [-0.2, -0.15) is 13.2 Å². The molecule has 1 aliphatic carbocycles. The number of alkyl halides is 3. The smallest absolute Gasteiger partial charge is 0.418 e. The highest BCUT2D eigenvalue weighted by atomic mass is 32.1. The van der Waals surface area contributed by atoms with E-state index in [1.165, 1.54) is 18.6 Å². The average molecular weight is 442 g/mol. The summed E-state index contributed by atoms with van der Waals surface area (Å²) in [5.74, 6) is 0. The maximum absolute atomic E-state index is 13.2. The number of benzene rings is 1. The van der Waals surface area contributed by atoms with E-state index in [0.717, 1.165) is 31.7 Å². The summed E-state index contributed by atoms with van der Waals surface area (Å²) in [5, 5.41) is 3.03. The predicted octanol–water partition coefficient (Wildman–Crippen LogP) is 5.02. The van der Waals surface area contributed by atoms with Gasteiger partial charge in [0, 0.05) is 19.1 Å². The number of thiocarbonyl (C=S) groups is 1. The molecule has 1 N–H and O–H groups in total. The first-order valence-corrected chi connectivity index (χ1v) is 10.9. The zero-order valence-corrected chi connectivity index (χ0v) is 17.5. The number of hydrogen-bond donors (Lipinski definition) is 1. The first kappa shape index (κ1) is 21.2. The monoisotopic (exact) mass is 441 g/mol. The molecular formula is C21H26F3N3O2S. The number of nitrogens with zero attached hydrogens (tertiary/aromatic N) is 2. The van der Waals surface area contributed by atoms with E-state index in [2.05, 4.69) is 5.32 Å². The van der Waals surface area contributed by atoms with Crippen LogP contribution in [0.2, 0.25) is 0 Å². The summed E-state index contributed by atoms with van der Waals surface area (Å²) in [4.78, 5) is 16.2. The molecule has 2 heterocycles. The normalized spacial score (nSPS) is 22.3. The zero-order chi connectivity index (χ0) is 21.4. The van der Waals surface area contributed by atoms with Crippen molar-refractivity contribution in [3.8, 4) is 0 Å². The first-order valence-electron chi connectivity index (χ1n) is 10.5. The molecule has 2 saturated heterocycles. The number of halogens is 3. The van der Waals surface area contributed by atoms with Crippen LogP contribution < -0.4 is 5.32 Å². The number of anilines is 1. The van der Waals surface area contributed by atoms with Gasteiger partial charge in [-0.05, 0) is 62.9 Å². The number of para-hydroxylation sites is 1. The van der Waals surface area contributed by atoms with E-state index in [1.807, 2.05) is 9.80 Å². The maximum atomic E-state index is 13.2. The van der Waals surface area contributed by atoms with Crippen molar-refractivity contribution in [3.63, 3.8) is 0 Å². The minimum absolute atomic E-state index is 0.0421. The Labute approximate surface area is 179 Å². The predicted molar refractivity (Wildman–Crippen MR) is 111 cm³/mol. The minimum atomic E-state index is -4.45. The SMILES string of the molecule is O=C1OC2(CCCCC2)CN1C1CCN(C(=S)Nc2ccccc2C(F)(F)F)CC1. The molecule has 1 amide bonds. The highest BCUT2D eigenvalue weighted by Crippen LogP contribution is 2.39. The Morgan fingerprint density at radius 3 is 2.47 bits per heavy atom. The van der Waals surface area contributed by atoms with Crippen LogP contribution in [0.4, 0.5) is 23.7 Å². The molecule has 1 saturated carbocycles.